The number of benzene rings is 1. The van der Waals surface area contributed by atoms with E-state index in [0.717, 1.165) is 18.3 Å². The van der Waals surface area contributed by atoms with Crippen LogP contribution in [-0.4, -0.2) is 19.3 Å². The van der Waals surface area contributed by atoms with Crippen molar-refractivity contribution in [3.8, 4) is 0 Å². The van der Waals surface area contributed by atoms with Gasteiger partial charge in [0.2, 0.25) is 0 Å². The lowest BCUT2D eigenvalue weighted by atomic mass is 10.0. The maximum atomic E-state index is 12.8. The number of alkyl halides is 6. The number of aromatic nitrogens is 1. The molecule has 27 heavy (non-hydrogen) atoms. The van der Waals surface area contributed by atoms with Gasteiger partial charge in [0.05, 0.1) is 23.0 Å². The van der Waals surface area contributed by atoms with Crippen LogP contribution in [0.2, 0.25) is 0 Å². The van der Waals surface area contributed by atoms with Gasteiger partial charge in [0.1, 0.15) is 0 Å². The first-order chi connectivity index (χ1) is 12.2. The Morgan fingerprint density at radius 1 is 0.963 bits per heavy atom. The highest BCUT2D eigenvalue weighted by molar-refractivity contribution is 8.13. The molecule has 146 valence electrons. The molecule has 5 nitrogen and oxygen atoms in total. The van der Waals surface area contributed by atoms with Gasteiger partial charge < -0.3 is 5.32 Å². The first-order valence-electron chi connectivity index (χ1n) is 6.69. The minimum Gasteiger partial charge on any atom is -0.321 e. The lowest BCUT2D eigenvalue weighted by Gasteiger charge is -2.14. The predicted octanol–water partition coefficient (Wildman–Crippen LogP) is 4.30. The Kier molecular flexibility index (Phi) is 5.44. The van der Waals surface area contributed by atoms with Gasteiger partial charge in [-0.2, -0.15) is 26.3 Å². The molecule has 0 aliphatic carbocycles. The summed E-state index contributed by atoms with van der Waals surface area (Å²) in [6.45, 7) is 0. The van der Waals surface area contributed by atoms with Gasteiger partial charge in [0.25, 0.3) is 15.0 Å². The van der Waals surface area contributed by atoms with E-state index >= 15 is 0 Å². The fourth-order valence-electron chi connectivity index (χ4n) is 1.89. The number of hydrogen-bond donors (Lipinski definition) is 1. The maximum absolute atomic E-state index is 12.8. The third kappa shape index (κ3) is 5.32. The summed E-state index contributed by atoms with van der Waals surface area (Å²) in [6.07, 6.45) is -9.38. The molecule has 0 saturated heterocycles. The number of nitrogens with one attached hydrogen (secondary N) is 1. The minimum absolute atomic E-state index is 0.113. The molecule has 1 amide bonds. The molecule has 2 rings (SSSR count). The first kappa shape index (κ1) is 21.0. The van der Waals surface area contributed by atoms with Gasteiger partial charge in [-0.25, -0.2) is 13.4 Å². The molecule has 0 bridgehead atoms. The van der Waals surface area contributed by atoms with Crippen LogP contribution in [0.25, 0.3) is 0 Å². The molecule has 13 heteroatoms. The number of halogens is 7. The van der Waals surface area contributed by atoms with Crippen LogP contribution in [0.3, 0.4) is 0 Å². The van der Waals surface area contributed by atoms with Crippen LogP contribution in [0.5, 0.6) is 0 Å². The lowest BCUT2D eigenvalue weighted by molar-refractivity contribution is -0.143. The van der Waals surface area contributed by atoms with Gasteiger partial charge in [-0.3, -0.25) is 4.79 Å². The van der Waals surface area contributed by atoms with Crippen LogP contribution < -0.4 is 5.32 Å². The van der Waals surface area contributed by atoms with Crippen molar-refractivity contribution in [2.24, 2.45) is 0 Å². The molecule has 0 spiro atoms. The second-order valence-corrected chi connectivity index (χ2v) is 7.58. The summed E-state index contributed by atoms with van der Waals surface area (Å²) in [5.41, 5.74) is -4.37. The Morgan fingerprint density at radius 3 is 1.85 bits per heavy atom. The number of nitrogens with zero attached hydrogens (tertiary/aromatic N) is 1. The van der Waals surface area contributed by atoms with E-state index < -0.39 is 49.0 Å². The standard InChI is InChI=1S/C14H7ClF6N2O3S/c15-27(25,26)11-2-1-10(6-22-11)23-12(24)7-3-8(13(16,17)18)5-9(4-7)14(19,20)21/h1-6H,(H,23,24). The van der Waals surface area contributed by atoms with Gasteiger partial charge in [-0.1, -0.05) is 0 Å². The second kappa shape index (κ2) is 7.00. The van der Waals surface area contributed by atoms with Crippen LogP contribution in [0.15, 0.2) is 41.6 Å². The highest BCUT2D eigenvalue weighted by atomic mass is 35.7. The summed E-state index contributed by atoms with van der Waals surface area (Å²) in [4.78, 5) is 15.5. The van der Waals surface area contributed by atoms with E-state index in [9.17, 15) is 39.6 Å². The average molecular weight is 433 g/mol. The van der Waals surface area contributed by atoms with Crippen molar-refractivity contribution in [3.05, 3.63) is 53.2 Å². The molecular weight excluding hydrogens is 426 g/mol. The number of anilines is 1. The SMILES string of the molecule is O=C(Nc1ccc(S(=O)(=O)Cl)nc1)c1cc(C(F)(F)F)cc(C(F)(F)F)c1. The summed E-state index contributed by atoms with van der Waals surface area (Å²) in [6, 6.07) is 2.31. The van der Waals surface area contributed by atoms with Gasteiger partial charge >= 0.3 is 12.4 Å². The fourth-order valence-corrected chi connectivity index (χ4v) is 2.57. The van der Waals surface area contributed by atoms with E-state index in [-0.39, 0.29) is 23.9 Å². The molecule has 0 aliphatic heterocycles. The molecule has 1 aromatic heterocycles. The third-order valence-electron chi connectivity index (χ3n) is 3.09. The summed E-state index contributed by atoms with van der Waals surface area (Å²) in [7, 11) is 0.896. The molecule has 0 fully saturated rings. The molecule has 0 aliphatic rings. The van der Waals surface area contributed by atoms with E-state index in [1.165, 1.54) is 0 Å². The number of carbonyl (C=O) groups excluding carboxylic acids is 1. The number of hydrogen-bond acceptors (Lipinski definition) is 4. The van der Waals surface area contributed by atoms with Crippen LogP contribution in [-0.2, 0) is 21.4 Å². The highest BCUT2D eigenvalue weighted by Gasteiger charge is 2.37. The molecule has 1 aromatic carbocycles. The molecule has 0 radical (unpaired) electrons. The summed E-state index contributed by atoms with van der Waals surface area (Å²) in [5.74, 6) is -1.28. The molecule has 0 unspecified atom stereocenters. The van der Waals surface area contributed by atoms with Crippen LogP contribution >= 0.6 is 10.7 Å². The van der Waals surface area contributed by atoms with Crippen molar-refractivity contribution in [2.45, 2.75) is 17.4 Å². The Balaban J connectivity index is 2.38. The van der Waals surface area contributed by atoms with Crippen LogP contribution in [0.4, 0.5) is 32.0 Å². The number of carbonyl (C=O) groups is 1. The quantitative estimate of drug-likeness (QED) is 0.579. The second-order valence-electron chi connectivity index (χ2n) is 5.07. The zero-order valence-electron chi connectivity index (χ0n) is 12.7. The molecule has 2 aromatic rings. The van der Waals surface area contributed by atoms with Crippen molar-refractivity contribution < 1.29 is 39.6 Å². The zero-order chi connectivity index (χ0) is 20.6. The van der Waals surface area contributed by atoms with Crippen molar-refractivity contribution in [1.29, 1.82) is 0 Å². The molecular formula is C14H7ClF6N2O3S. The summed E-state index contributed by atoms with van der Waals surface area (Å²) < 4.78 is 98.9. The first-order valence-corrected chi connectivity index (χ1v) is 9.00. The molecule has 1 N–H and O–H groups in total. The Labute approximate surface area is 152 Å². The van der Waals surface area contributed by atoms with Crippen molar-refractivity contribution in [2.75, 3.05) is 5.32 Å². The fraction of sp³-hybridized carbons (Fsp3) is 0.143. The Hall–Kier alpha value is -2.34. The predicted molar refractivity (Wildman–Crippen MR) is 81.7 cm³/mol. The van der Waals surface area contributed by atoms with Gasteiger partial charge in [0.15, 0.2) is 5.03 Å². The lowest BCUT2D eigenvalue weighted by Crippen LogP contribution is -2.17. The van der Waals surface area contributed by atoms with Gasteiger partial charge in [-0.15, -0.1) is 0 Å². The smallest absolute Gasteiger partial charge is 0.321 e. The summed E-state index contributed by atoms with van der Waals surface area (Å²) in [5, 5.41) is 1.47. The number of amides is 1. The third-order valence-corrected chi connectivity index (χ3v) is 4.31. The molecule has 0 saturated carbocycles. The van der Waals surface area contributed by atoms with E-state index in [4.69, 9.17) is 10.7 Å². The molecule has 0 atom stereocenters. The van der Waals surface area contributed by atoms with E-state index in [1.807, 2.05) is 5.32 Å². The van der Waals surface area contributed by atoms with Gasteiger partial charge in [-0.05, 0) is 30.3 Å². The number of rotatable bonds is 3. The van der Waals surface area contributed by atoms with Crippen molar-refractivity contribution >= 4 is 31.3 Å². The van der Waals surface area contributed by atoms with E-state index in [2.05, 4.69) is 4.98 Å². The van der Waals surface area contributed by atoms with Crippen molar-refractivity contribution in [1.82, 2.24) is 4.98 Å². The largest absolute Gasteiger partial charge is 0.416 e. The normalized spacial score (nSPS) is 12.7. The Morgan fingerprint density at radius 2 is 1.48 bits per heavy atom. The van der Waals surface area contributed by atoms with Gasteiger partial charge in [0, 0.05) is 16.2 Å². The summed E-state index contributed by atoms with van der Waals surface area (Å²) >= 11 is 0. The Bertz CT molecular complexity index is 940. The molecule has 1 heterocycles. The zero-order valence-corrected chi connectivity index (χ0v) is 14.3. The minimum atomic E-state index is -5.10. The topological polar surface area (TPSA) is 76.1 Å². The van der Waals surface area contributed by atoms with Crippen LogP contribution in [0, 0.1) is 0 Å². The van der Waals surface area contributed by atoms with Crippen LogP contribution in [0.1, 0.15) is 21.5 Å². The maximum Gasteiger partial charge on any atom is 0.416 e. The monoisotopic (exact) mass is 432 g/mol. The number of pyridine rings is 1. The highest BCUT2D eigenvalue weighted by Crippen LogP contribution is 2.36. The average Bonchev–Trinajstić information content (AvgIpc) is 2.52. The van der Waals surface area contributed by atoms with E-state index in [0.29, 0.717) is 0 Å². The van der Waals surface area contributed by atoms with Crippen molar-refractivity contribution in [3.63, 3.8) is 0 Å². The van der Waals surface area contributed by atoms with E-state index in [1.54, 1.807) is 0 Å².